The average molecular weight is 541 g/mol. The maximum absolute atomic E-state index is 7.69. The SMILES string of the molecule is C/C=C1\CC[C@H]2[C@@H]3CC[C@H]4C[C@@H](O[Si](c5ccccc5)(c5ccccc5)C(C)(C)C)CC[C@]4(C)[C@H]3CC[C@]12C. The topological polar surface area (TPSA) is 9.23 Å². The van der Waals surface area contributed by atoms with Crippen molar-refractivity contribution >= 4 is 18.7 Å². The maximum Gasteiger partial charge on any atom is 0.261 e. The Morgan fingerprint density at radius 2 is 1.44 bits per heavy atom. The highest BCUT2D eigenvalue weighted by molar-refractivity contribution is 6.99. The van der Waals surface area contributed by atoms with Crippen molar-refractivity contribution in [1.29, 1.82) is 0 Å². The van der Waals surface area contributed by atoms with Gasteiger partial charge in [0, 0.05) is 6.10 Å². The molecular weight excluding hydrogens is 488 g/mol. The molecule has 2 aromatic carbocycles. The van der Waals surface area contributed by atoms with Crippen molar-refractivity contribution in [2.75, 3.05) is 0 Å². The Balaban J connectivity index is 1.28. The van der Waals surface area contributed by atoms with E-state index in [1.165, 1.54) is 68.2 Å². The fourth-order valence-corrected chi connectivity index (χ4v) is 15.3. The van der Waals surface area contributed by atoms with Crippen molar-refractivity contribution in [2.45, 2.75) is 110 Å². The molecule has 4 fully saturated rings. The molecule has 0 bridgehead atoms. The summed E-state index contributed by atoms with van der Waals surface area (Å²) < 4.78 is 7.69. The lowest BCUT2D eigenvalue weighted by Gasteiger charge is -2.61. The average Bonchev–Trinajstić information content (AvgIpc) is 3.28. The monoisotopic (exact) mass is 540 g/mol. The summed E-state index contributed by atoms with van der Waals surface area (Å²) in [5.41, 5.74) is 2.76. The van der Waals surface area contributed by atoms with Crippen LogP contribution in [0.5, 0.6) is 0 Å². The number of allylic oxidation sites excluding steroid dienone is 2. The van der Waals surface area contributed by atoms with Gasteiger partial charge in [0.15, 0.2) is 0 Å². The third-order valence-corrected chi connectivity index (χ3v) is 17.7. The van der Waals surface area contributed by atoms with E-state index in [9.17, 15) is 0 Å². The van der Waals surface area contributed by atoms with E-state index in [1.807, 2.05) is 0 Å². The van der Waals surface area contributed by atoms with Crippen LogP contribution < -0.4 is 10.4 Å². The minimum atomic E-state index is -2.50. The fourth-order valence-electron chi connectivity index (χ4n) is 10.6. The third kappa shape index (κ3) is 4.26. The van der Waals surface area contributed by atoms with Crippen LogP contribution in [0.1, 0.15) is 99.3 Å². The summed E-state index contributed by atoms with van der Waals surface area (Å²) in [6, 6.07) is 22.6. The quantitative estimate of drug-likeness (QED) is 0.278. The number of fused-ring (bicyclic) bond motifs is 5. The van der Waals surface area contributed by atoms with Gasteiger partial charge >= 0.3 is 0 Å². The van der Waals surface area contributed by atoms with E-state index >= 15 is 0 Å². The van der Waals surface area contributed by atoms with Crippen LogP contribution in [0.4, 0.5) is 0 Å². The van der Waals surface area contributed by atoms with Gasteiger partial charge in [0.25, 0.3) is 8.32 Å². The summed E-state index contributed by atoms with van der Waals surface area (Å²) in [6.07, 6.45) is 15.2. The smallest absolute Gasteiger partial charge is 0.261 e. The van der Waals surface area contributed by atoms with Gasteiger partial charge < -0.3 is 4.43 Å². The Kier molecular flexibility index (Phi) is 7.07. The van der Waals surface area contributed by atoms with Crippen molar-refractivity contribution in [1.82, 2.24) is 0 Å². The van der Waals surface area contributed by atoms with E-state index < -0.39 is 8.32 Å². The standard InChI is InChI=1S/C37H52OSi/c1-7-27-19-21-33-32-20-18-28-26-29(22-24-37(28,6)34(32)23-25-36(27,33)5)38-39(35(2,3)4,30-14-10-8-11-15-30)31-16-12-9-13-17-31/h7-17,28-29,32-34H,18-26H2,1-6H3/b27-7+/t28-,29-,32-,33-,34-,36+,37-/m0/s1. The zero-order chi connectivity index (χ0) is 27.5. The molecule has 2 heteroatoms. The van der Waals surface area contributed by atoms with Gasteiger partial charge in [-0.3, -0.25) is 0 Å². The molecule has 4 aliphatic carbocycles. The van der Waals surface area contributed by atoms with Crippen LogP contribution in [0.3, 0.4) is 0 Å². The van der Waals surface area contributed by atoms with Crippen molar-refractivity contribution in [3.63, 3.8) is 0 Å². The molecule has 39 heavy (non-hydrogen) atoms. The highest BCUT2D eigenvalue weighted by Crippen LogP contribution is 2.67. The molecule has 0 aromatic heterocycles. The molecule has 0 N–H and O–H groups in total. The van der Waals surface area contributed by atoms with Crippen molar-refractivity contribution in [3.8, 4) is 0 Å². The molecule has 7 atom stereocenters. The Hall–Kier alpha value is -1.64. The van der Waals surface area contributed by atoms with Crippen molar-refractivity contribution in [3.05, 3.63) is 72.3 Å². The molecule has 0 saturated heterocycles. The van der Waals surface area contributed by atoms with Crippen LogP contribution in [0.2, 0.25) is 5.04 Å². The Bertz CT molecular complexity index is 1140. The molecule has 4 aliphatic rings. The summed E-state index contributed by atoms with van der Waals surface area (Å²) in [5, 5.41) is 2.90. The second-order valence-corrected chi connectivity index (χ2v) is 19.4. The maximum atomic E-state index is 7.69. The van der Waals surface area contributed by atoms with Gasteiger partial charge in [0.2, 0.25) is 0 Å². The molecule has 0 aliphatic heterocycles. The minimum absolute atomic E-state index is 0.0505. The third-order valence-electron chi connectivity index (χ3n) is 12.6. The van der Waals surface area contributed by atoms with E-state index in [2.05, 4.69) is 108 Å². The Labute approximate surface area is 240 Å². The van der Waals surface area contributed by atoms with Crippen LogP contribution in [0.15, 0.2) is 72.3 Å². The first kappa shape index (κ1) is 27.5. The molecular formula is C37H52OSi. The molecule has 0 heterocycles. The molecule has 210 valence electrons. The summed E-state index contributed by atoms with van der Waals surface area (Å²) in [6.45, 7) is 14.9. The number of hydrogen-bond donors (Lipinski definition) is 0. The van der Waals surface area contributed by atoms with E-state index in [4.69, 9.17) is 4.43 Å². The first-order chi connectivity index (χ1) is 18.6. The Morgan fingerprint density at radius 1 is 0.795 bits per heavy atom. The second kappa shape index (κ2) is 10.0. The lowest BCUT2D eigenvalue weighted by Crippen LogP contribution is -2.68. The zero-order valence-electron chi connectivity index (χ0n) is 25.5. The highest BCUT2D eigenvalue weighted by Gasteiger charge is 2.60. The number of benzene rings is 2. The van der Waals surface area contributed by atoms with Gasteiger partial charge in [-0.25, -0.2) is 0 Å². The number of rotatable bonds is 4. The summed E-state index contributed by atoms with van der Waals surface area (Å²) >= 11 is 0. The molecule has 0 radical (unpaired) electrons. The van der Waals surface area contributed by atoms with Gasteiger partial charge in [-0.15, -0.1) is 0 Å². The molecule has 0 amide bonds. The molecule has 2 aromatic rings. The van der Waals surface area contributed by atoms with Crippen LogP contribution >= 0.6 is 0 Å². The van der Waals surface area contributed by atoms with Gasteiger partial charge in [-0.2, -0.15) is 0 Å². The van der Waals surface area contributed by atoms with Gasteiger partial charge in [-0.1, -0.05) is 107 Å². The van der Waals surface area contributed by atoms with E-state index in [0.717, 1.165) is 23.7 Å². The minimum Gasteiger partial charge on any atom is -0.404 e. The second-order valence-electron chi connectivity index (χ2n) is 15.1. The summed E-state index contributed by atoms with van der Waals surface area (Å²) in [4.78, 5) is 0. The van der Waals surface area contributed by atoms with Crippen LogP contribution in [0.25, 0.3) is 0 Å². The summed E-state index contributed by atoms with van der Waals surface area (Å²) in [7, 11) is -2.50. The zero-order valence-corrected chi connectivity index (χ0v) is 26.5. The van der Waals surface area contributed by atoms with Gasteiger partial charge in [0.05, 0.1) is 0 Å². The van der Waals surface area contributed by atoms with Crippen LogP contribution in [-0.2, 0) is 4.43 Å². The molecule has 0 spiro atoms. The normalized spacial score (nSPS) is 37.7. The molecule has 1 nitrogen and oxygen atoms in total. The molecule has 4 saturated carbocycles. The molecule has 6 rings (SSSR count). The first-order valence-corrected chi connectivity index (χ1v) is 18.0. The van der Waals surface area contributed by atoms with Crippen LogP contribution in [-0.4, -0.2) is 14.4 Å². The van der Waals surface area contributed by atoms with Crippen LogP contribution in [0, 0.1) is 34.5 Å². The van der Waals surface area contributed by atoms with E-state index in [-0.39, 0.29) is 5.04 Å². The van der Waals surface area contributed by atoms with Crippen molar-refractivity contribution < 1.29 is 4.43 Å². The van der Waals surface area contributed by atoms with E-state index in [0.29, 0.717) is 16.9 Å². The lowest BCUT2D eigenvalue weighted by molar-refractivity contribution is -0.114. The predicted molar refractivity (Wildman–Crippen MR) is 168 cm³/mol. The lowest BCUT2D eigenvalue weighted by atomic mass is 9.45. The largest absolute Gasteiger partial charge is 0.404 e. The molecule has 0 unspecified atom stereocenters. The first-order valence-electron chi connectivity index (χ1n) is 16.1. The highest BCUT2D eigenvalue weighted by atomic mass is 28.4. The number of hydrogen-bond acceptors (Lipinski definition) is 1. The predicted octanol–water partition coefficient (Wildman–Crippen LogP) is 8.92. The Morgan fingerprint density at radius 3 is 2.03 bits per heavy atom. The van der Waals surface area contributed by atoms with Crippen molar-refractivity contribution in [2.24, 2.45) is 34.5 Å². The van der Waals surface area contributed by atoms with Gasteiger partial charge in [0.1, 0.15) is 0 Å². The summed E-state index contributed by atoms with van der Waals surface area (Å²) in [5.74, 6) is 3.59. The van der Waals surface area contributed by atoms with Gasteiger partial charge in [-0.05, 0) is 115 Å². The fraction of sp³-hybridized carbons (Fsp3) is 0.622. The van der Waals surface area contributed by atoms with E-state index in [1.54, 1.807) is 5.57 Å².